The minimum absolute atomic E-state index is 0.454. The average Bonchev–Trinajstić information content (AvgIpc) is 3.17. The molecule has 0 aromatic carbocycles. The first-order valence-electron chi connectivity index (χ1n) is 6.45. The molecule has 6 heteroatoms. The van der Waals surface area contributed by atoms with Gasteiger partial charge >= 0.3 is 0 Å². The smallest absolute Gasteiger partial charge is 0.191 e. The van der Waals surface area contributed by atoms with E-state index in [2.05, 4.69) is 32.7 Å². The molecule has 2 N–H and O–H groups in total. The van der Waals surface area contributed by atoms with E-state index < -0.39 is 0 Å². The van der Waals surface area contributed by atoms with Crippen LogP contribution >= 0.6 is 11.8 Å². The van der Waals surface area contributed by atoms with Crippen LogP contribution in [0.5, 0.6) is 0 Å². The van der Waals surface area contributed by atoms with Crippen molar-refractivity contribution in [3.8, 4) is 0 Å². The lowest BCUT2D eigenvalue weighted by Gasteiger charge is -2.07. The van der Waals surface area contributed by atoms with Gasteiger partial charge in [0.15, 0.2) is 5.16 Å². The van der Waals surface area contributed by atoms with Crippen molar-refractivity contribution >= 4 is 11.8 Å². The fourth-order valence-electron chi connectivity index (χ4n) is 2.09. The van der Waals surface area contributed by atoms with Crippen LogP contribution in [0.1, 0.15) is 35.8 Å². The Morgan fingerprint density at radius 3 is 2.89 bits per heavy atom. The van der Waals surface area contributed by atoms with E-state index in [0.29, 0.717) is 12.6 Å². The van der Waals surface area contributed by atoms with E-state index in [9.17, 15) is 0 Å². The summed E-state index contributed by atoms with van der Waals surface area (Å²) in [7, 11) is 0. The fourth-order valence-corrected chi connectivity index (χ4v) is 3.03. The zero-order chi connectivity index (χ0) is 13.2. The highest BCUT2D eigenvalue weighted by atomic mass is 32.2. The molecule has 0 amide bonds. The molecule has 2 aromatic heterocycles. The molecule has 1 saturated carbocycles. The van der Waals surface area contributed by atoms with Crippen LogP contribution in [0.4, 0.5) is 0 Å². The molecule has 1 fully saturated rings. The molecule has 100 valence electrons. The summed E-state index contributed by atoms with van der Waals surface area (Å²) in [4.78, 5) is 4.21. The highest BCUT2D eigenvalue weighted by Crippen LogP contribution is 2.39. The van der Waals surface area contributed by atoms with Gasteiger partial charge in [-0.1, -0.05) is 17.8 Å². The number of aryl methyl sites for hydroxylation is 1. The zero-order valence-electron chi connectivity index (χ0n) is 10.9. The van der Waals surface area contributed by atoms with Gasteiger partial charge in [-0.15, -0.1) is 10.2 Å². The Balaban J connectivity index is 1.75. The maximum Gasteiger partial charge on any atom is 0.191 e. The van der Waals surface area contributed by atoms with E-state index in [-0.39, 0.29) is 0 Å². The first kappa shape index (κ1) is 12.6. The normalized spacial score (nSPS) is 14.8. The summed E-state index contributed by atoms with van der Waals surface area (Å²) in [5.41, 5.74) is 8.11. The molecular formula is C13H17N5S. The van der Waals surface area contributed by atoms with Crippen LogP contribution in [0.15, 0.2) is 23.6 Å². The summed E-state index contributed by atoms with van der Waals surface area (Å²) in [6, 6.07) is 2.72. The Morgan fingerprint density at radius 1 is 1.37 bits per heavy atom. The number of thioether (sulfide) groups is 1. The molecule has 2 aromatic rings. The van der Waals surface area contributed by atoms with Gasteiger partial charge < -0.3 is 10.3 Å². The molecule has 0 saturated heterocycles. The van der Waals surface area contributed by atoms with Gasteiger partial charge in [0.1, 0.15) is 5.82 Å². The van der Waals surface area contributed by atoms with Crippen LogP contribution in [-0.4, -0.2) is 19.7 Å². The lowest BCUT2D eigenvalue weighted by atomic mass is 10.2. The van der Waals surface area contributed by atoms with Crippen molar-refractivity contribution in [2.24, 2.45) is 5.73 Å². The van der Waals surface area contributed by atoms with Gasteiger partial charge in [0, 0.05) is 24.2 Å². The van der Waals surface area contributed by atoms with E-state index in [1.165, 1.54) is 24.0 Å². The second-order valence-corrected chi connectivity index (χ2v) is 5.81. The van der Waals surface area contributed by atoms with Gasteiger partial charge in [-0.25, -0.2) is 0 Å². The third kappa shape index (κ3) is 2.79. The summed E-state index contributed by atoms with van der Waals surface area (Å²) < 4.78 is 2.20. The summed E-state index contributed by atoms with van der Waals surface area (Å²) in [6.45, 7) is 2.51. The zero-order valence-corrected chi connectivity index (χ0v) is 11.7. The predicted octanol–water partition coefficient (Wildman–Crippen LogP) is 2.07. The topological polar surface area (TPSA) is 69.6 Å². The van der Waals surface area contributed by atoms with Crippen molar-refractivity contribution in [1.29, 1.82) is 0 Å². The molecule has 0 atom stereocenters. The van der Waals surface area contributed by atoms with E-state index in [1.807, 2.05) is 12.4 Å². The predicted molar refractivity (Wildman–Crippen MR) is 74.7 cm³/mol. The number of pyridine rings is 1. The van der Waals surface area contributed by atoms with E-state index >= 15 is 0 Å². The third-order valence-electron chi connectivity index (χ3n) is 3.13. The largest absolute Gasteiger partial charge is 0.324 e. The molecule has 0 aliphatic heterocycles. The van der Waals surface area contributed by atoms with E-state index in [4.69, 9.17) is 5.73 Å². The monoisotopic (exact) mass is 275 g/mol. The quantitative estimate of drug-likeness (QED) is 0.846. The van der Waals surface area contributed by atoms with Crippen LogP contribution < -0.4 is 5.73 Å². The lowest BCUT2D eigenvalue weighted by molar-refractivity contribution is 0.626. The average molecular weight is 275 g/mol. The summed E-state index contributed by atoms with van der Waals surface area (Å²) >= 11 is 1.71. The molecule has 3 rings (SSSR count). The Kier molecular flexibility index (Phi) is 3.52. The van der Waals surface area contributed by atoms with Gasteiger partial charge in [0.2, 0.25) is 0 Å². The number of aromatic nitrogens is 4. The maximum atomic E-state index is 5.71. The van der Waals surface area contributed by atoms with Gasteiger partial charge in [0.05, 0.1) is 6.54 Å². The van der Waals surface area contributed by atoms with Crippen LogP contribution in [0.3, 0.4) is 0 Å². The number of rotatable bonds is 5. The van der Waals surface area contributed by atoms with Crippen molar-refractivity contribution in [2.45, 2.75) is 43.3 Å². The molecular weight excluding hydrogens is 258 g/mol. The SMILES string of the molecule is Cc1cncc(CSc2nnc(CN)n2C2CC2)c1. The Bertz CT molecular complexity index is 576. The van der Waals surface area contributed by atoms with Crippen LogP contribution in [0, 0.1) is 6.92 Å². The molecule has 5 nitrogen and oxygen atoms in total. The van der Waals surface area contributed by atoms with E-state index in [1.54, 1.807) is 11.8 Å². The van der Waals surface area contributed by atoms with Crippen molar-refractivity contribution in [3.63, 3.8) is 0 Å². The second-order valence-electron chi connectivity index (χ2n) is 4.86. The van der Waals surface area contributed by atoms with Crippen molar-refractivity contribution in [2.75, 3.05) is 0 Å². The maximum absolute atomic E-state index is 5.71. The van der Waals surface area contributed by atoms with Crippen LogP contribution in [-0.2, 0) is 12.3 Å². The standard InChI is InChI=1S/C13H17N5S/c1-9-4-10(7-15-6-9)8-19-13-17-16-12(5-14)18(13)11-2-3-11/h4,6-7,11H,2-3,5,8,14H2,1H3. The van der Waals surface area contributed by atoms with E-state index in [0.717, 1.165) is 16.7 Å². The summed E-state index contributed by atoms with van der Waals surface area (Å²) in [5.74, 6) is 1.76. The van der Waals surface area contributed by atoms with Gasteiger partial charge in [-0.3, -0.25) is 4.98 Å². The number of hydrogen-bond donors (Lipinski definition) is 1. The molecule has 19 heavy (non-hydrogen) atoms. The molecule has 0 spiro atoms. The molecule has 1 aliphatic carbocycles. The van der Waals surface area contributed by atoms with Crippen LogP contribution in [0.2, 0.25) is 0 Å². The molecule has 0 unspecified atom stereocenters. The number of nitrogens with two attached hydrogens (primary N) is 1. The number of nitrogens with zero attached hydrogens (tertiary/aromatic N) is 4. The fraction of sp³-hybridized carbons (Fsp3) is 0.462. The first-order chi connectivity index (χ1) is 9.28. The first-order valence-corrected chi connectivity index (χ1v) is 7.43. The van der Waals surface area contributed by atoms with Crippen molar-refractivity contribution in [1.82, 2.24) is 19.7 Å². The van der Waals surface area contributed by atoms with Gasteiger partial charge in [0.25, 0.3) is 0 Å². The van der Waals surface area contributed by atoms with Crippen molar-refractivity contribution in [3.05, 3.63) is 35.4 Å². The Labute approximate surface area is 116 Å². The minimum atomic E-state index is 0.454. The minimum Gasteiger partial charge on any atom is -0.324 e. The Morgan fingerprint density at radius 2 is 2.21 bits per heavy atom. The van der Waals surface area contributed by atoms with Crippen molar-refractivity contribution < 1.29 is 0 Å². The van der Waals surface area contributed by atoms with Gasteiger partial charge in [-0.2, -0.15) is 0 Å². The lowest BCUT2D eigenvalue weighted by Crippen LogP contribution is -2.08. The summed E-state index contributed by atoms with van der Waals surface area (Å²) in [6.07, 6.45) is 6.20. The van der Waals surface area contributed by atoms with Crippen LogP contribution in [0.25, 0.3) is 0 Å². The molecule has 2 heterocycles. The third-order valence-corrected chi connectivity index (χ3v) is 4.14. The number of hydrogen-bond acceptors (Lipinski definition) is 5. The highest BCUT2D eigenvalue weighted by Gasteiger charge is 2.29. The summed E-state index contributed by atoms with van der Waals surface area (Å²) in [5, 5.41) is 9.41. The second kappa shape index (κ2) is 5.30. The van der Waals surface area contributed by atoms with Gasteiger partial charge in [-0.05, 0) is 30.9 Å². The molecule has 0 bridgehead atoms. The molecule has 1 aliphatic rings. The molecule has 0 radical (unpaired) electrons. The Hall–Kier alpha value is -1.40. The highest BCUT2D eigenvalue weighted by molar-refractivity contribution is 7.98.